The Bertz CT molecular complexity index is 620. The molecule has 0 amide bonds. The van der Waals surface area contributed by atoms with Crippen LogP contribution in [0.2, 0.25) is 0 Å². The summed E-state index contributed by atoms with van der Waals surface area (Å²) in [4.78, 5) is 12.1. The maximum atomic E-state index is 12.1. The van der Waals surface area contributed by atoms with Crippen molar-refractivity contribution in [3.05, 3.63) is 59.7 Å². The number of hydrogen-bond donors (Lipinski definition) is 0. The lowest BCUT2D eigenvalue weighted by Gasteiger charge is -2.20. The summed E-state index contributed by atoms with van der Waals surface area (Å²) < 4.78 is 5.88. The second-order valence-corrected chi connectivity index (χ2v) is 7.50. The van der Waals surface area contributed by atoms with Crippen molar-refractivity contribution in [2.24, 2.45) is 5.92 Å². The molecule has 1 radical (unpaired) electrons. The highest BCUT2D eigenvalue weighted by molar-refractivity contribution is 6.81. The Hall–Kier alpha value is -1.87. The van der Waals surface area contributed by atoms with E-state index >= 15 is 0 Å². The minimum atomic E-state index is -1.55. The van der Waals surface area contributed by atoms with Gasteiger partial charge in [0.05, 0.1) is 0 Å². The van der Waals surface area contributed by atoms with Crippen LogP contribution in [0.3, 0.4) is 0 Å². The molecule has 0 spiro atoms. The molecule has 0 fully saturated rings. The molecule has 3 heteroatoms. The lowest BCUT2D eigenvalue weighted by atomic mass is 10.1. The van der Waals surface area contributed by atoms with Crippen molar-refractivity contribution in [2.45, 2.75) is 27.7 Å². The molecule has 0 N–H and O–H groups in total. The highest BCUT2D eigenvalue weighted by Gasteiger charge is 2.26. The zero-order valence-electron chi connectivity index (χ0n) is 13.0. The summed E-state index contributed by atoms with van der Waals surface area (Å²) in [6.45, 7) is 7.93. The molecule has 0 heterocycles. The Morgan fingerprint density at radius 3 is 2.29 bits per heavy atom. The summed E-state index contributed by atoms with van der Waals surface area (Å²) in [5, 5.41) is 2.26. The molecule has 0 unspecified atom stereocenters. The SMILES string of the molecule is Cc1cccc([Si](OC(=O)C(C)C)c2ccccc2)c1C. The second kappa shape index (κ2) is 6.72. The molecule has 0 aliphatic carbocycles. The molecule has 0 saturated carbocycles. The topological polar surface area (TPSA) is 26.3 Å². The molecule has 109 valence electrons. The van der Waals surface area contributed by atoms with E-state index in [-0.39, 0.29) is 11.9 Å². The highest BCUT2D eigenvalue weighted by atomic mass is 28.3. The number of carbonyl (C=O) groups is 1. The fourth-order valence-electron chi connectivity index (χ4n) is 2.07. The van der Waals surface area contributed by atoms with E-state index in [2.05, 4.69) is 26.0 Å². The van der Waals surface area contributed by atoms with Crippen LogP contribution in [0.15, 0.2) is 48.5 Å². The third kappa shape index (κ3) is 3.61. The predicted molar refractivity (Wildman–Crippen MR) is 88.3 cm³/mol. The highest BCUT2D eigenvalue weighted by Crippen LogP contribution is 2.07. The Morgan fingerprint density at radius 1 is 1.00 bits per heavy atom. The molecular formula is C18H21O2Si. The first-order valence-electron chi connectivity index (χ1n) is 7.21. The van der Waals surface area contributed by atoms with Crippen molar-refractivity contribution < 1.29 is 9.22 Å². The van der Waals surface area contributed by atoms with E-state index in [1.54, 1.807) is 0 Å². The van der Waals surface area contributed by atoms with E-state index in [1.807, 2.05) is 50.2 Å². The van der Waals surface area contributed by atoms with E-state index in [0.29, 0.717) is 0 Å². The Morgan fingerprint density at radius 2 is 1.67 bits per heavy atom. The second-order valence-electron chi connectivity index (χ2n) is 5.52. The van der Waals surface area contributed by atoms with E-state index in [1.165, 1.54) is 11.1 Å². The standard InChI is InChI=1S/C18H21O2Si/c1-13(2)18(19)20-21(16-10-6-5-7-11-16)17-12-8-9-14(3)15(17)4/h5-13H,1-4H3. The minimum Gasteiger partial charge on any atom is -0.508 e. The van der Waals surface area contributed by atoms with Crippen molar-refractivity contribution in [3.63, 3.8) is 0 Å². The van der Waals surface area contributed by atoms with Gasteiger partial charge in [-0.25, -0.2) is 0 Å². The van der Waals surface area contributed by atoms with Crippen LogP contribution in [-0.4, -0.2) is 15.0 Å². The maximum Gasteiger partial charge on any atom is 0.356 e. The Labute approximate surface area is 128 Å². The quantitative estimate of drug-likeness (QED) is 0.811. The van der Waals surface area contributed by atoms with Gasteiger partial charge >= 0.3 is 9.04 Å². The number of benzene rings is 2. The zero-order valence-corrected chi connectivity index (χ0v) is 14.0. The van der Waals surface area contributed by atoms with Gasteiger partial charge in [0.1, 0.15) is 0 Å². The number of carbonyl (C=O) groups excluding carboxylic acids is 1. The molecule has 0 atom stereocenters. The Kier molecular flexibility index (Phi) is 4.97. The van der Waals surface area contributed by atoms with Crippen molar-refractivity contribution >= 4 is 25.4 Å². The first-order valence-corrected chi connectivity index (χ1v) is 8.62. The van der Waals surface area contributed by atoms with Crippen LogP contribution < -0.4 is 10.4 Å². The third-order valence-electron chi connectivity index (χ3n) is 3.56. The summed E-state index contributed by atoms with van der Waals surface area (Å²) in [5.74, 6) is -0.243. The van der Waals surface area contributed by atoms with Gasteiger partial charge in [-0.15, -0.1) is 0 Å². The van der Waals surface area contributed by atoms with Gasteiger partial charge in [-0.1, -0.05) is 62.4 Å². The average molecular weight is 297 g/mol. The van der Waals surface area contributed by atoms with Crippen LogP contribution in [0.25, 0.3) is 0 Å². The van der Waals surface area contributed by atoms with Crippen LogP contribution >= 0.6 is 0 Å². The fraction of sp³-hybridized carbons (Fsp3) is 0.278. The molecule has 0 aromatic heterocycles. The largest absolute Gasteiger partial charge is 0.508 e. The summed E-state index contributed by atoms with van der Waals surface area (Å²) in [6, 6.07) is 16.3. The van der Waals surface area contributed by atoms with Gasteiger partial charge in [-0.3, -0.25) is 4.79 Å². The van der Waals surface area contributed by atoms with Crippen LogP contribution in [-0.2, 0) is 9.22 Å². The Balaban J connectivity index is 2.46. The molecule has 2 aromatic carbocycles. The fourth-order valence-corrected chi connectivity index (χ4v) is 4.33. The molecule has 2 aromatic rings. The van der Waals surface area contributed by atoms with Crippen molar-refractivity contribution in [1.29, 1.82) is 0 Å². The van der Waals surface area contributed by atoms with Gasteiger partial charge in [0, 0.05) is 5.92 Å². The number of hydrogen-bond acceptors (Lipinski definition) is 2. The summed E-state index contributed by atoms with van der Waals surface area (Å²) in [6.07, 6.45) is 0. The van der Waals surface area contributed by atoms with Gasteiger partial charge in [0.25, 0.3) is 5.97 Å². The van der Waals surface area contributed by atoms with Crippen LogP contribution in [0.1, 0.15) is 25.0 Å². The number of rotatable bonds is 4. The van der Waals surface area contributed by atoms with Crippen molar-refractivity contribution in [3.8, 4) is 0 Å². The molecule has 0 aliphatic rings. The lowest BCUT2D eigenvalue weighted by Crippen LogP contribution is -2.48. The molecule has 0 bridgehead atoms. The summed E-state index contributed by atoms with van der Waals surface area (Å²) >= 11 is 0. The van der Waals surface area contributed by atoms with E-state index in [0.717, 1.165) is 10.4 Å². The predicted octanol–water partition coefficient (Wildman–Crippen LogP) is 2.61. The molecule has 0 saturated heterocycles. The third-order valence-corrected chi connectivity index (χ3v) is 5.85. The first kappa shape index (κ1) is 15.5. The average Bonchev–Trinajstić information content (AvgIpc) is 2.48. The van der Waals surface area contributed by atoms with Crippen LogP contribution in [0.4, 0.5) is 0 Å². The van der Waals surface area contributed by atoms with Crippen LogP contribution in [0.5, 0.6) is 0 Å². The van der Waals surface area contributed by atoms with Gasteiger partial charge in [0.15, 0.2) is 0 Å². The molecular weight excluding hydrogens is 276 g/mol. The molecule has 2 nitrogen and oxygen atoms in total. The van der Waals surface area contributed by atoms with Gasteiger partial charge < -0.3 is 4.43 Å². The smallest absolute Gasteiger partial charge is 0.356 e. The monoisotopic (exact) mass is 297 g/mol. The lowest BCUT2D eigenvalue weighted by molar-refractivity contribution is -0.137. The van der Waals surface area contributed by atoms with Gasteiger partial charge in [-0.05, 0) is 35.3 Å². The van der Waals surface area contributed by atoms with E-state index in [9.17, 15) is 4.79 Å². The van der Waals surface area contributed by atoms with Gasteiger partial charge in [0.2, 0.25) is 0 Å². The van der Waals surface area contributed by atoms with E-state index < -0.39 is 9.04 Å². The van der Waals surface area contributed by atoms with Crippen molar-refractivity contribution in [1.82, 2.24) is 0 Å². The summed E-state index contributed by atoms with van der Waals surface area (Å²) in [7, 11) is -1.55. The van der Waals surface area contributed by atoms with Crippen LogP contribution in [0, 0.1) is 19.8 Å². The first-order chi connectivity index (χ1) is 10.0. The summed E-state index contributed by atoms with van der Waals surface area (Å²) in [5.41, 5.74) is 2.44. The van der Waals surface area contributed by atoms with Crippen molar-refractivity contribution in [2.75, 3.05) is 0 Å². The normalized spacial score (nSPS) is 11.0. The minimum absolute atomic E-state index is 0.112. The van der Waals surface area contributed by atoms with E-state index in [4.69, 9.17) is 4.43 Å². The zero-order chi connectivity index (χ0) is 15.4. The van der Waals surface area contributed by atoms with Gasteiger partial charge in [-0.2, -0.15) is 0 Å². The number of aryl methyl sites for hydroxylation is 1. The molecule has 21 heavy (non-hydrogen) atoms. The molecule has 2 rings (SSSR count). The maximum absolute atomic E-state index is 12.1. The molecule has 0 aliphatic heterocycles.